The van der Waals surface area contributed by atoms with Gasteiger partial charge in [0.25, 0.3) is 5.91 Å². The van der Waals surface area contributed by atoms with Gasteiger partial charge in [-0.3, -0.25) is 9.59 Å². The SMILES string of the molecule is Cc1ccc2c(C)c(C(=O)N3CCCC34CCCN(C)C4=O)oc2c1. The van der Waals surface area contributed by atoms with Crippen LogP contribution in [0.15, 0.2) is 22.6 Å². The Morgan fingerprint density at radius 1 is 1.16 bits per heavy atom. The number of piperidine rings is 1. The van der Waals surface area contributed by atoms with Gasteiger partial charge in [-0.25, -0.2) is 0 Å². The second-order valence-electron chi connectivity index (χ2n) is 7.48. The fourth-order valence-corrected chi connectivity index (χ4v) is 4.49. The predicted molar refractivity (Wildman–Crippen MR) is 95.6 cm³/mol. The van der Waals surface area contributed by atoms with Gasteiger partial charge in [0.2, 0.25) is 5.91 Å². The van der Waals surface area contributed by atoms with Gasteiger partial charge in [0.05, 0.1) is 0 Å². The van der Waals surface area contributed by atoms with Gasteiger partial charge in [-0.1, -0.05) is 12.1 Å². The van der Waals surface area contributed by atoms with Crippen LogP contribution < -0.4 is 0 Å². The van der Waals surface area contributed by atoms with Crippen LogP contribution in [0.3, 0.4) is 0 Å². The van der Waals surface area contributed by atoms with Crippen molar-refractivity contribution in [1.82, 2.24) is 9.80 Å². The molecule has 3 heterocycles. The van der Waals surface area contributed by atoms with Crippen LogP contribution in [0.1, 0.15) is 47.4 Å². The summed E-state index contributed by atoms with van der Waals surface area (Å²) in [5.74, 6) is 0.310. The molecule has 0 saturated carbocycles. The zero-order chi connectivity index (χ0) is 17.8. The van der Waals surface area contributed by atoms with Crippen molar-refractivity contribution in [3.05, 3.63) is 35.1 Å². The molecule has 2 aliphatic rings. The molecule has 2 aromatic rings. The van der Waals surface area contributed by atoms with Gasteiger partial charge in [0.15, 0.2) is 5.76 Å². The normalized spacial score (nSPS) is 23.9. The fraction of sp³-hybridized carbons (Fsp3) is 0.500. The molecule has 2 saturated heterocycles. The molecular weight excluding hydrogens is 316 g/mol. The maximum atomic E-state index is 13.3. The van der Waals surface area contributed by atoms with Crippen molar-refractivity contribution < 1.29 is 14.0 Å². The fourth-order valence-electron chi connectivity index (χ4n) is 4.49. The Balaban J connectivity index is 1.75. The number of furan rings is 1. The van der Waals surface area contributed by atoms with E-state index in [4.69, 9.17) is 4.42 Å². The number of carbonyl (C=O) groups is 2. The van der Waals surface area contributed by atoms with E-state index in [1.165, 1.54) is 0 Å². The molecule has 2 fully saturated rings. The number of likely N-dealkylation sites (tertiary alicyclic amines) is 2. The predicted octanol–water partition coefficient (Wildman–Crippen LogP) is 3.28. The molecule has 2 amide bonds. The number of hydrogen-bond acceptors (Lipinski definition) is 3. The summed E-state index contributed by atoms with van der Waals surface area (Å²) >= 11 is 0. The van der Waals surface area contributed by atoms with E-state index < -0.39 is 5.54 Å². The van der Waals surface area contributed by atoms with Crippen LogP contribution in [0, 0.1) is 13.8 Å². The monoisotopic (exact) mass is 340 g/mol. The Kier molecular flexibility index (Phi) is 3.63. The van der Waals surface area contributed by atoms with Gasteiger partial charge in [-0.15, -0.1) is 0 Å². The lowest BCUT2D eigenvalue weighted by Crippen LogP contribution is -2.60. The lowest BCUT2D eigenvalue weighted by Gasteiger charge is -2.43. The number of carbonyl (C=O) groups excluding carboxylic acids is 2. The molecule has 0 aliphatic carbocycles. The van der Waals surface area contributed by atoms with Gasteiger partial charge in [0, 0.05) is 31.1 Å². The topological polar surface area (TPSA) is 53.8 Å². The Morgan fingerprint density at radius 3 is 2.64 bits per heavy atom. The zero-order valence-electron chi connectivity index (χ0n) is 15.1. The summed E-state index contributed by atoms with van der Waals surface area (Å²) in [7, 11) is 1.83. The van der Waals surface area contributed by atoms with Crippen LogP contribution in [-0.2, 0) is 4.79 Å². The van der Waals surface area contributed by atoms with Gasteiger partial charge < -0.3 is 14.2 Å². The van der Waals surface area contributed by atoms with Crippen LogP contribution in [0.2, 0.25) is 0 Å². The molecule has 1 spiro atoms. The second kappa shape index (κ2) is 5.61. The van der Waals surface area contributed by atoms with E-state index in [9.17, 15) is 9.59 Å². The first kappa shape index (κ1) is 16.2. The number of nitrogens with zero attached hydrogens (tertiary/aromatic N) is 2. The van der Waals surface area contributed by atoms with Crippen molar-refractivity contribution in [1.29, 1.82) is 0 Å². The zero-order valence-corrected chi connectivity index (χ0v) is 15.1. The van der Waals surface area contributed by atoms with Crippen molar-refractivity contribution in [3.8, 4) is 0 Å². The number of benzene rings is 1. The van der Waals surface area contributed by atoms with Crippen molar-refractivity contribution in [2.75, 3.05) is 20.1 Å². The third-order valence-corrected chi connectivity index (χ3v) is 5.85. The van der Waals surface area contributed by atoms with Crippen LogP contribution in [0.4, 0.5) is 0 Å². The minimum Gasteiger partial charge on any atom is -0.451 e. The van der Waals surface area contributed by atoms with Crippen LogP contribution in [-0.4, -0.2) is 47.3 Å². The summed E-state index contributed by atoms with van der Waals surface area (Å²) in [5, 5.41) is 0.967. The first-order valence-electron chi connectivity index (χ1n) is 9.01. The average molecular weight is 340 g/mol. The summed E-state index contributed by atoms with van der Waals surface area (Å²) in [4.78, 5) is 29.8. The Morgan fingerprint density at radius 2 is 1.88 bits per heavy atom. The van der Waals surface area contributed by atoms with E-state index in [-0.39, 0.29) is 11.8 Å². The molecule has 5 heteroatoms. The Hall–Kier alpha value is -2.30. The van der Waals surface area contributed by atoms with Gasteiger partial charge in [-0.05, 0) is 51.2 Å². The number of fused-ring (bicyclic) bond motifs is 1. The van der Waals surface area contributed by atoms with Crippen LogP contribution in [0.25, 0.3) is 11.0 Å². The molecule has 1 aromatic heterocycles. The third kappa shape index (κ3) is 2.29. The van der Waals surface area contributed by atoms with E-state index in [1.54, 1.807) is 9.80 Å². The van der Waals surface area contributed by atoms with Gasteiger partial charge >= 0.3 is 0 Å². The van der Waals surface area contributed by atoms with E-state index in [0.717, 1.165) is 54.3 Å². The first-order valence-corrected chi connectivity index (χ1v) is 9.01. The van der Waals surface area contributed by atoms with Gasteiger partial charge in [0.1, 0.15) is 11.1 Å². The maximum absolute atomic E-state index is 13.3. The highest BCUT2D eigenvalue weighted by Gasteiger charge is 2.52. The molecule has 4 rings (SSSR count). The molecule has 1 atom stereocenters. The molecule has 1 aromatic carbocycles. The van der Waals surface area contributed by atoms with Crippen LogP contribution >= 0.6 is 0 Å². The number of hydrogen-bond donors (Lipinski definition) is 0. The summed E-state index contributed by atoms with van der Waals surface area (Å²) in [6.45, 7) is 5.32. The number of rotatable bonds is 1. The highest BCUT2D eigenvalue weighted by atomic mass is 16.3. The largest absolute Gasteiger partial charge is 0.451 e. The molecule has 2 aliphatic heterocycles. The minimum absolute atomic E-state index is 0.0780. The maximum Gasteiger partial charge on any atom is 0.290 e. The molecule has 0 bridgehead atoms. The summed E-state index contributed by atoms with van der Waals surface area (Å²) in [6, 6.07) is 5.98. The van der Waals surface area contributed by atoms with E-state index in [2.05, 4.69) is 0 Å². The van der Waals surface area contributed by atoms with E-state index in [0.29, 0.717) is 12.3 Å². The highest BCUT2D eigenvalue weighted by Crippen LogP contribution is 2.39. The standard InChI is InChI=1S/C20H24N2O3/c1-13-6-7-15-14(2)17(25-16(15)12-13)18(23)22-11-5-9-20(22)8-4-10-21(3)19(20)24/h6-7,12H,4-5,8-11H2,1-3H3. The van der Waals surface area contributed by atoms with E-state index in [1.807, 2.05) is 39.1 Å². The number of likely N-dealkylation sites (N-methyl/N-ethyl adjacent to an activating group) is 1. The summed E-state index contributed by atoms with van der Waals surface area (Å²) in [6.07, 6.45) is 3.30. The molecule has 1 unspecified atom stereocenters. The molecule has 0 N–H and O–H groups in total. The quantitative estimate of drug-likeness (QED) is 0.800. The molecule has 0 radical (unpaired) electrons. The van der Waals surface area contributed by atoms with Crippen molar-refractivity contribution in [3.63, 3.8) is 0 Å². The van der Waals surface area contributed by atoms with Crippen LogP contribution in [0.5, 0.6) is 0 Å². The Labute approximate surface area is 147 Å². The smallest absolute Gasteiger partial charge is 0.290 e. The molecule has 25 heavy (non-hydrogen) atoms. The highest BCUT2D eigenvalue weighted by molar-refractivity contribution is 6.02. The summed E-state index contributed by atoms with van der Waals surface area (Å²) in [5.41, 5.74) is 2.02. The lowest BCUT2D eigenvalue weighted by atomic mass is 9.85. The van der Waals surface area contributed by atoms with Gasteiger partial charge in [-0.2, -0.15) is 0 Å². The Bertz CT molecular complexity index is 869. The number of aryl methyl sites for hydroxylation is 2. The van der Waals surface area contributed by atoms with Crippen molar-refractivity contribution in [2.24, 2.45) is 0 Å². The average Bonchev–Trinajstić information content (AvgIpc) is 3.14. The van der Waals surface area contributed by atoms with Crippen molar-refractivity contribution in [2.45, 2.75) is 45.1 Å². The minimum atomic E-state index is -0.675. The van der Waals surface area contributed by atoms with E-state index >= 15 is 0 Å². The lowest BCUT2D eigenvalue weighted by molar-refractivity contribution is -0.144. The molecule has 5 nitrogen and oxygen atoms in total. The molecular formula is C20H24N2O3. The molecule has 132 valence electrons. The second-order valence-corrected chi connectivity index (χ2v) is 7.48. The first-order chi connectivity index (χ1) is 11.9. The third-order valence-electron chi connectivity index (χ3n) is 5.85. The summed E-state index contributed by atoms with van der Waals surface area (Å²) < 4.78 is 5.93. The van der Waals surface area contributed by atoms with Crippen molar-refractivity contribution >= 4 is 22.8 Å². The number of amides is 2.